The average Bonchev–Trinajstić information content (AvgIpc) is 2.69. The van der Waals surface area contributed by atoms with Gasteiger partial charge in [-0.3, -0.25) is 4.79 Å². The van der Waals surface area contributed by atoms with Gasteiger partial charge in [0.2, 0.25) is 5.91 Å². The summed E-state index contributed by atoms with van der Waals surface area (Å²) in [6.07, 6.45) is 2.36. The number of likely N-dealkylation sites (N-methyl/N-ethyl adjacent to an activating group) is 1. The van der Waals surface area contributed by atoms with E-state index in [1.807, 2.05) is 30.3 Å². The Morgan fingerprint density at radius 3 is 2.66 bits per heavy atom. The summed E-state index contributed by atoms with van der Waals surface area (Å²) in [4.78, 5) is 14.5. The van der Waals surface area contributed by atoms with Crippen LogP contribution in [0, 0.1) is 0 Å². The van der Waals surface area contributed by atoms with Crippen LogP contribution < -0.4 is 16.8 Å². The molecule has 0 saturated carbocycles. The Hall–Kier alpha value is -1.63. The summed E-state index contributed by atoms with van der Waals surface area (Å²) >= 11 is 12.7. The molecule has 5 nitrogen and oxygen atoms in total. The number of anilines is 1. The molecule has 1 amide bonds. The number of nitrogens with one attached hydrogen (secondary N) is 1. The molecule has 0 saturated heterocycles. The Bertz CT molecular complexity index is 857. The molecular formula is C22H28Cl2N4O. The molecule has 2 atom stereocenters. The topological polar surface area (TPSA) is 84.4 Å². The molecule has 0 radical (unpaired) electrons. The summed E-state index contributed by atoms with van der Waals surface area (Å²) in [5.41, 5.74) is 15.6. The van der Waals surface area contributed by atoms with Crippen molar-refractivity contribution < 1.29 is 4.79 Å². The SMILES string of the molecule is CN1Cc2c(Cl)cc(Cl)cc2C(c2ccc(NC(=O)[C@@H](N)CCCCN)cc2)C1. The second-order valence-electron chi connectivity index (χ2n) is 7.71. The lowest BCUT2D eigenvalue weighted by atomic mass is 9.84. The highest BCUT2D eigenvalue weighted by Crippen LogP contribution is 2.38. The van der Waals surface area contributed by atoms with Gasteiger partial charge in [-0.15, -0.1) is 0 Å². The van der Waals surface area contributed by atoms with E-state index < -0.39 is 6.04 Å². The zero-order valence-corrected chi connectivity index (χ0v) is 18.1. The van der Waals surface area contributed by atoms with Crippen molar-refractivity contribution in [3.63, 3.8) is 0 Å². The molecule has 1 heterocycles. The molecule has 1 aliphatic rings. The van der Waals surface area contributed by atoms with Gasteiger partial charge in [-0.2, -0.15) is 0 Å². The van der Waals surface area contributed by atoms with Gasteiger partial charge < -0.3 is 21.7 Å². The number of nitrogens with two attached hydrogens (primary N) is 2. The van der Waals surface area contributed by atoms with E-state index in [1.54, 1.807) is 6.07 Å². The van der Waals surface area contributed by atoms with E-state index in [-0.39, 0.29) is 11.8 Å². The van der Waals surface area contributed by atoms with Gasteiger partial charge in [-0.05, 0) is 67.4 Å². The Morgan fingerprint density at radius 1 is 1.24 bits per heavy atom. The van der Waals surface area contributed by atoms with Gasteiger partial charge >= 0.3 is 0 Å². The van der Waals surface area contributed by atoms with Gasteiger partial charge in [0.25, 0.3) is 0 Å². The largest absolute Gasteiger partial charge is 0.330 e. The molecule has 0 bridgehead atoms. The van der Waals surface area contributed by atoms with Crippen LogP contribution in [-0.4, -0.2) is 37.0 Å². The fourth-order valence-electron chi connectivity index (χ4n) is 3.80. The first-order chi connectivity index (χ1) is 13.9. The molecule has 0 spiro atoms. The number of carbonyl (C=O) groups is 1. The number of unbranched alkanes of at least 4 members (excludes halogenated alkanes) is 1. The average molecular weight is 435 g/mol. The summed E-state index contributed by atoms with van der Waals surface area (Å²) in [5.74, 6) is -0.000647. The van der Waals surface area contributed by atoms with Crippen LogP contribution in [0.2, 0.25) is 10.0 Å². The third-order valence-electron chi connectivity index (χ3n) is 5.38. The van der Waals surface area contributed by atoms with Crippen molar-refractivity contribution in [1.82, 2.24) is 4.90 Å². The third kappa shape index (κ3) is 5.50. The second-order valence-corrected chi connectivity index (χ2v) is 8.55. The van der Waals surface area contributed by atoms with E-state index in [0.29, 0.717) is 23.0 Å². The van der Waals surface area contributed by atoms with Crippen LogP contribution in [0.1, 0.15) is 41.9 Å². The standard InChI is InChI=1S/C22H28Cl2N4O/c1-28-12-18(17-10-15(23)11-20(24)19(17)13-28)14-5-7-16(8-6-14)27-22(29)21(26)4-2-3-9-25/h5-8,10-11,18,21H,2-4,9,12-13,25-26H2,1H3,(H,27,29)/t18?,21-/m0/s1. The molecule has 2 aromatic rings. The van der Waals surface area contributed by atoms with Crippen molar-refractivity contribution in [2.24, 2.45) is 11.5 Å². The molecule has 1 aliphatic heterocycles. The van der Waals surface area contributed by atoms with E-state index in [4.69, 9.17) is 34.7 Å². The highest BCUT2D eigenvalue weighted by molar-refractivity contribution is 6.35. The third-order valence-corrected chi connectivity index (χ3v) is 5.93. The maximum absolute atomic E-state index is 12.3. The number of rotatable bonds is 7. The van der Waals surface area contributed by atoms with E-state index >= 15 is 0 Å². The zero-order chi connectivity index (χ0) is 21.0. The van der Waals surface area contributed by atoms with E-state index in [1.165, 1.54) is 5.56 Å². The number of benzene rings is 2. The van der Waals surface area contributed by atoms with Crippen LogP contribution in [0.3, 0.4) is 0 Å². The van der Waals surface area contributed by atoms with Crippen molar-refractivity contribution in [2.45, 2.75) is 37.8 Å². The van der Waals surface area contributed by atoms with Crippen molar-refractivity contribution in [2.75, 3.05) is 25.5 Å². The maximum Gasteiger partial charge on any atom is 0.241 e. The predicted molar refractivity (Wildman–Crippen MR) is 121 cm³/mol. The minimum atomic E-state index is -0.524. The highest BCUT2D eigenvalue weighted by atomic mass is 35.5. The molecule has 0 fully saturated rings. The predicted octanol–water partition coefficient (Wildman–Crippen LogP) is 3.97. The van der Waals surface area contributed by atoms with Gasteiger partial charge in [0, 0.05) is 34.7 Å². The molecule has 5 N–H and O–H groups in total. The Labute approximate surface area is 182 Å². The quantitative estimate of drug-likeness (QED) is 0.575. The second kappa shape index (κ2) is 9.92. The number of hydrogen-bond donors (Lipinski definition) is 3. The van der Waals surface area contributed by atoms with Crippen molar-refractivity contribution in [3.8, 4) is 0 Å². The number of nitrogens with zero attached hydrogens (tertiary/aromatic N) is 1. The molecule has 156 valence electrons. The van der Waals surface area contributed by atoms with Crippen LogP contribution in [-0.2, 0) is 11.3 Å². The summed E-state index contributed by atoms with van der Waals surface area (Å²) in [6, 6.07) is 11.2. The van der Waals surface area contributed by atoms with Gasteiger partial charge in [0.1, 0.15) is 0 Å². The van der Waals surface area contributed by atoms with Crippen molar-refractivity contribution in [3.05, 3.63) is 63.1 Å². The molecule has 3 rings (SSSR count). The number of amides is 1. The number of halogens is 2. The number of hydrogen-bond acceptors (Lipinski definition) is 4. The maximum atomic E-state index is 12.3. The van der Waals surface area contributed by atoms with Crippen LogP contribution >= 0.6 is 23.2 Å². The molecule has 0 aliphatic carbocycles. The van der Waals surface area contributed by atoms with E-state index in [9.17, 15) is 4.79 Å². The van der Waals surface area contributed by atoms with Crippen LogP contribution in [0.25, 0.3) is 0 Å². The Balaban J connectivity index is 1.73. The first-order valence-electron chi connectivity index (χ1n) is 9.92. The molecule has 0 aromatic heterocycles. The number of carbonyl (C=O) groups excluding carboxylic acids is 1. The fraction of sp³-hybridized carbons (Fsp3) is 0.409. The van der Waals surface area contributed by atoms with Crippen LogP contribution in [0.4, 0.5) is 5.69 Å². The molecular weight excluding hydrogens is 407 g/mol. The zero-order valence-electron chi connectivity index (χ0n) is 16.6. The molecule has 29 heavy (non-hydrogen) atoms. The fourth-order valence-corrected chi connectivity index (χ4v) is 4.37. The number of fused-ring (bicyclic) bond motifs is 1. The van der Waals surface area contributed by atoms with Crippen LogP contribution in [0.5, 0.6) is 0 Å². The lowest BCUT2D eigenvalue weighted by Gasteiger charge is -2.33. The summed E-state index contributed by atoms with van der Waals surface area (Å²) < 4.78 is 0. The van der Waals surface area contributed by atoms with Gasteiger partial charge in [0.15, 0.2) is 0 Å². The first-order valence-corrected chi connectivity index (χ1v) is 10.7. The summed E-state index contributed by atoms with van der Waals surface area (Å²) in [5, 5.41) is 4.25. The van der Waals surface area contributed by atoms with Crippen molar-refractivity contribution >= 4 is 34.8 Å². The molecule has 1 unspecified atom stereocenters. The van der Waals surface area contributed by atoms with E-state index in [2.05, 4.69) is 17.3 Å². The minimum absolute atomic E-state index is 0.170. The lowest BCUT2D eigenvalue weighted by molar-refractivity contribution is -0.117. The van der Waals surface area contributed by atoms with E-state index in [0.717, 1.165) is 42.7 Å². The summed E-state index contributed by atoms with van der Waals surface area (Å²) in [7, 11) is 2.08. The first kappa shape index (κ1) is 22.1. The Morgan fingerprint density at radius 2 is 1.97 bits per heavy atom. The molecule has 7 heteroatoms. The summed E-state index contributed by atoms with van der Waals surface area (Å²) in [6.45, 7) is 2.30. The molecule has 2 aromatic carbocycles. The van der Waals surface area contributed by atoms with Crippen molar-refractivity contribution in [1.29, 1.82) is 0 Å². The van der Waals surface area contributed by atoms with Crippen LogP contribution in [0.15, 0.2) is 36.4 Å². The minimum Gasteiger partial charge on any atom is -0.330 e. The lowest BCUT2D eigenvalue weighted by Crippen LogP contribution is -2.35. The smallest absolute Gasteiger partial charge is 0.241 e. The van der Waals surface area contributed by atoms with Gasteiger partial charge in [-0.25, -0.2) is 0 Å². The monoisotopic (exact) mass is 434 g/mol. The highest BCUT2D eigenvalue weighted by Gasteiger charge is 2.27. The van der Waals surface area contributed by atoms with Gasteiger partial charge in [-0.1, -0.05) is 41.8 Å². The Kier molecular flexibility index (Phi) is 7.55. The van der Waals surface area contributed by atoms with Gasteiger partial charge in [0.05, 0.1) is 6.04 Å². The normalized spacial score (nSPS) is 17.6.